The minimum atomic E-state index is -3.08. The molecule has 76 valence electrons. The standard InChI is InChI=1S/C7H9BrF2O3/c1-2-13-6(11)3-4-12-5-7(8,9)10/h3-4H,2,5H2,1H3/b4-3+. The zero-order valence-electron chi connectivity index (χ0n) is 6.93. The minimum absolute atomic E-state index is 0.234. The van der Waals surface area contributed by atoms with Crippen molar-refractivity contribution in [2.45, 2.75) is 11.8 Å². The summed E-state index contributed by atoms with van der Waals surface area (Å²) in [5.74, 6) is -0.625. The first-order chi connectivity index (χ1) is 5.95. The molecule has 0 saturated carbocycles. The lowest BCUT2D eigenvalue weighted by atomic mass is 10.6. The van der Waals surface area contributed by atoms with Gasteiger partial charge in [-0.2, -0.15) is 8.78 Å². The number of carbonyl (C=O) groups is 1. The quantitative estimate of drug-likeness (QED) is 0.328. The van der Waals surface area contributed by atoms with Gasteiger partial charge in [0.1, 0.15) is 0 Å². The van der Waals surface area contributed by atoms with E-state index in [0.29, 0.717) is 0 Å². The second-order valence-corrected chi connectivity index (χ2v) is 3.14. The van der Waals surface area contributed by atoms with Crippen molar-refractivity contribution < 1.29 is 23.0 Å². The number of ether oxygens (including phenoxy) is 2. The van der Waals surface area contributed by atoms with Crippen LogP contribution in [0.3, 0.4) is 0 Å². The Hall–Kier alpha value is -0.650. The van der Waals surface area contributed by atoms with Crippen molar-refractivity contribution >= 4 is 21.9 Å². The summed E-state index contributed by atoms with van der Waals surface area (Å²) in [5.41, 5.74) is 0. The fourth-order valence-corrected chi connectivity index (χ4v) is 0.569. The van der Waals surface area contributed by atoms with E-state index in [9.17, 15) is 13.6 Å². The average Bonchev–Trinajstić information content (AvgIpc) is 1.97. The molecule has 0 fully saturated rings. The van der Waals surface area contributed by atoms with Crippen LogP contribution in [0.15, 0.2) is 12.3 Å². The lowest BCUT2D eigenvalue weighted by molar-refractivity contribution is -0.137. The van der Waals surface area contributed by atoms with Crippen LogP contribution in [0.4, 0.5) is 8.78 Å². The third-order valence-electron chi connectivity index (χ3n) is 0.834. The van der Waals surface area contributed by atoms with E-state index in [0.717, 1.165) is 12.3 Å². The topological polar surface area (TPSA) is 35.5 Å². The molecule has 0 rings (SSSR count). The van der Waals surface area contributed by atoms with E-state index in [4.69, 9.17) is 0 Å². The molecule has 13 heavy (non-hydrogen) atoms. The molecule has 3 nitrogen and oxygen atoms in total. The first kappa shape index (κ1) is 12.3. The molecule has 0 unspecified atom stereocenters. The summed E-state index contributed by atoms with van der Waals surface area (Å²) in [6, 6.07) is 0. The normalized spacial score (nSPS) is 11.7. The molecule has 0 aliphatic heterocycles. The fraction of sp³-hybridized carbons (Fsp3) is 0.571. The van der Waals surface area contributed by atoms with E-state index >= 15 is 0 Å². The van der Waals surface area contributed by atoms with E-state index in [1.807, 2.05) is 0 Å². The molecule has 0 bridgehead atoms. The Bertz CT molecular complexity index is 189. The molecule has 0 aliphatic carbocycles. The van der Waals surface area contributed by atoms with Gasteiger partial charge in [0, 0.05) is 0 Å². The van der Waals surface area contributed by atoms with Crippen LogP contribution in [0.25, 0.3) is 0 Å². The fourth-order valence-electron chi connectivity index (χ4n) is 0.437. The first-order valence-electron chi connectivity index (χ1n) is 3.47. The lowest BCUT2D eigenvalue weighted by Crippen LogP contribution is -2.12. The van der Waals surface area contributed by atoms with Gasteiger partial charge < -0.3 is 9.47 Å². The number of esters is 1. The third kappa shape index (κ3) is 9.26. The highest BCUT2D eigenvalue weighted by Gasteiger charge is 2.23. The first-order valence-corrected chi connectivity index (χ1v) is 4.26. The van der Waals surface area contributed by atoms with Gasteiger partial charge in [-0.25, -0.2) is 4.79 Å². The molecule has 0 heterocycles. The Kier molecular flexibility index (Phi) is 5.61. The Morgan fingerprint density at radius 1 is 1.62 bits per heavy atom. The Morgan fingerprint density at radius 2 is 2.23 bits per heavy atom. The van der Waals surface area contributed by atoms with Gasteiger partial charge in [0.15, 0.2) is 6.61 Å². The highest BCUT2D eigenvalue weighted by molar-refractivity contribution is 9.10. The van der Waals surface area contributed by atoms with Crippen LogP contribution in [0.5, 0.6) is 0 Å². The summed E-state index contributed by atoms with van der Waals surface area (Å²) < 4.78 is 32.9. The molecule has 0 amide bonds. The Balaban J connectivity index is 3.58. The van der Waals surface area contributed by atoms with Crippen molar-refractivity contribution in [2.24, 2.45) is 0 Å². The van der Waals surface area contributed by atoms with Crippen molar-refractivity contribution in [3.63, 3.8) is 0 Å². The van der Waals surface area contributed by atoms with Gasteiger partial charge >= 0.3 is 10.8 Å². The predicted octanol–water partition coefficient (Wildman–Crippen LogP) is 2.07. The maximum absolute atomic E-state index is 12.0. The zero-order chi connectivity index (χ0) is 10.3. The van der Waals surface area contributed by atoms with Crippen LogP contribution >= 0.6 is 15.9 Å². The van der Waals surface area contributed by atoms with Gasteiger partial charge in [0.2, 0.25) is 0 Å². The number of hydrogen-bond acceptors (Lipinski definition) is 3. The van der Waals surface area contributed by atoms with E-state index < -0.39 is 17.4 Å². The monoisotopic (exact) mass is 258 g/mol. The van der Waals surface area contributed by atoms with Crippen LogP contribution in [0, 0.1) is 0 Å². The van der Waals surface area contributed by atoms with Crippen molar-refractivity contribution in [3.05, 3.63) is 12.3 Å². The molecule has 0 aromatic carbocycles. The molecule has 0 atom stereocenters. The summed E-state index contributed by atoms with van der Waals surface area (Å²) in [4.78, 5) is 7.50. The summed E-state index contributed by atoms with van der Waals surface area (Å²) in [5, 5.41) is 0. The van der Waals surface area contributed by atoms with Crippen LogP contribution in [0.2, 0.25) is 0 Å². The molecule has 0 aliphatic rings. The molecule has 0 spiro atoms. The van der Waals surface area contributed by atoms with Gasteiger partial charge in [-0.1, -0.05) is 0 Å². The highest BCUT2D eigenvalue weighted by atomic mass is 79.9. The van der Waals surface area contributed by atoms with E-state index in [1.165, 1.54) is 0 Å². The van der Waals surface area contributed by atoms with E-state index in [-0.39, 0.29) is 6.61 Å². The largest absolute Gasteiger partial charge is 0.494 e. The van der Waals surface area contributed by atoms with Gasteiger partial charge in [-0.05, 0) is 22.9 Å². The van der Waals surface area contributed by atoms with Crippen molar-refractivity contribution in [1.82, 2.24) is 0 Å². The molecule has 0 saturated heterocycles. The highest BCUT2D eigenvalue weighted by Crippen LogP contribution is 2.21. The lowest BCUT2D eigenvalue weighted by Gasteiger charge is -2.06. The van der Waals surface area contributed by atoms with Crippen LogP contribution in [0.1, 0.15) is 6.92 Å². The SMILES string of the molecule is CCOC(=O)/C=C/OCC(F)(F)Br. The number of alkyl halides is 3. The number of carbonyl (C=O) groups excluding carboxylic acids is 1. The predicted molar refractivity (Wildman–Crippen MR) is 45.6 cm³/mol. The smallest absolute Gasteiger partial charge is 0.334 e. The maximum atomic E-state index is 12.0. The van der Waals surface area contributed by atoms with Crippen molar-refractivity contribution in [2.75, 3.05) is 13.2 Å². The van der Waals surface area contributed by atoms with Crippen LogP contribution in [-0.2, 0) is 14.3 Å². The number of hydrogen-bond donors (Lipinski definition) is 0. The number of rotatable bonds is 5. The summed E-state index contributed by atoms with van der Waals surface area (Å²) >= 11 is 2.07. The molecule has 0 aromatic heterocycles. The van der Waals surface area contributed by atoms with Gasteiger partial charge in [0.25, 0.3) is 0 Å². The van der Waals surface area contributed by atoms with Crippen LogP contribution < -0.4 is 0 Å². The zero-order valence-corrected chi connectivity index (χ0v) is 8.51. The second kappa shape index (κ2) is 5.90. The molecular formula is C7H9BrF2O3. The van der Waals surface area contributed by atoms with Crippen LogP contribution in [-0.4, -0.2) is 24.0 Å². The molecule has 0 N–H and O–H groups in total. The van der Waals surface area contributed by atoms with Gasteiger partial charge in [-0.3, -0.25) is 0 Å². The van der Waals surface area contributed by atoms with Crippen molar-refractivity contribution in [3.8, 4) is 0 Å². The molecule has 6 heteroatoms. The number of halogens is 3. The molecule has 0 radical (unpaired) electrons. The average molecular weight is 259 g/mol. The minimum Gasteiger partial charge on any atom is -0.494 e. The Morgan fingerprint density at radius 3 is 2.69 bits per heavy atom. The van der Waals surface area contributed by atoms with E-state index in [2.05, 4.69) is 25.4 Å². The second-order valence-electron chi connectivity index (χ2n) is 1.98. The van der Waals surface area contributed by atoms with Gasteiger partial charge in [-0.15, -0.1) is 0 Å². The summed E-state index contributed by atoms with van der Waals surface area (Å²) in [6.45, 7) is 1.04. The Labute approximate surface area is 82.8 Å². The third-order valence-corrected chi connectivity index (χ3v) is 1.06. The summed E-state index contributed by atoms with van der Waals surface area (Å²) in [6.07, 6.45) is 1.80. The summed E-state index contributed by atoms with van der Waals surface area (Å²) in [7, 11) is 0. The maximum Gasteiger partial charge on any atom is 0.334 e. The van der Waals surface area contributed by atoms with E-state index in [1.54, 1.807) is 6.92 Å². The molecule has 0 aromatic rings. The van der Waals surface area contributed by atoms with Gasteiger partial charge in [0.05, 0.1) is 18.9 Å². The molecular weight excluding hydrogens is 250 g/mol. The van der Waals surface area contributed by atoms with Crippen molar-refractivity contribution in [1.29, 1.82) is 0 Å².